The van der Waals surface area contributed by atoms with E-state index in [1.54, 1.807) is 48.5 Å². The van der Waals surface area contributed by atoms with Crippen LogP contribution in [0.1, 0.15) is 11.1 Å². The van der Waals surface area contributed by atoms with Gasteiger partial charge in [-0.15, -0.1) is 0 Å². The van der Waals surface area contributed by atoms with Crippen molar-refractivity contribution in [2.24, 2.45) is 9.98 Å². The Morgan fingerprint density at radius 3 is 1.49 bits per heavy atom. The van der Waals surface area contributed by atoms with Crippen molar-refractivity contribution in [1.29, 1.82) is 0 Å². The number of hydrogen-bond acceptors (Lipinski definition) is 9. The number of nitrogens with zero attached hydrogens (tertiary/aromatic N) is 4. The summed E-state index contributed by atoms with van der Waals surface area (Å²) in [6.07, 6.45) is 2.99. The van der Waals surface area contributed by atoms with Gasteiger partial charge in [-0.3, -0.25) is 30.2 Å². The molecule has 0 spiro atoms. The lowest BCUT2D eigenvalue weighted by molar-refractivity contribution is -0.385. The Balaban J connectivity index is 1.58. The fourth-order valence-corrected chi connectivity index (χ4v) is 4.27. The van der Waals surface area contributed by atoms with Crippen LogP contribution >= 0.6 is 0 Å². The number of rotatable bonds is 2. The Morgan fingerprint density at radius 1 is 0.615 bits per heavy atom. The minimum absolute atomic E-state index is 0.113. The lowest BCUT2D eigenvalue weighted by Gasteiger charge is -2.25. The number of nitro benzene ring substituents is 2. The molecule has 0 atom stereocenters. The summed E-state index contributed by atoms with van der Waals surface area (Å²) in [4.78, 5) is 31.0. The molecule has 0 saturated heterocycles. The Kier molecular flexibility index (Phi) is 6.10. The van der Waals surface area contributed by atoms with Gasteiger partial charge in [0.25, 0.3) is 11.4 Å². The van der Waals surface area contributed by atoms with Crippen LogP contribution in [0.3, 0.4) is 0 Å². The zero-order valence-corrected chi connectivity index (χ0v) is 20.0. The minimum atomic E-state index is -1.05. The first-order valence-corrected chi connectivity index (χ1v) is 11.8. The average Bonchev–Trinajstić information content (AvgIpc) is 2.95. The molecule has 39 heavy (non-hydrogen) atoms. The van der Waals surface area contributed by atoms with Gasteiger partial charge in [0.1, 0.15) is 11.5 Å². The molecule has 0 aliphatic carbocycles. The SMILES string of the molecule is O=[N+]([O-])c1ccc2c(c1)C=Nc1ccccc1B1OB(O2)c2ccccc2N=Cc2cc([N+](=O)[O-])ccc2O1. The van der Waals surface area contributed by atoms with Gasteiger partial charge in [-0.25, -0.2) is 0 Å². The van der Waals surface area contributed by atoms with Crippen LogP contribution in [0.5, 0.6) is 11.5 Å². The summed E-state index contributed by atoms with van der Waals surface area (Å²) in [6.45, 7) is 0. The van der Waals surface area contributed by atoms with Crippen molar-refractivity contribution in [3.8, 4) is 11.5 Å². The van der Waals surface area contributed by atoms with Crippen LogP contribution in [0.2, 0.25) is 0 Å². The van der Waals surface area contributed by atoms with Crippen LogP contribution in [0.4, 0.5) is 22.7 Å². The first-order chi connectivity index (χ1) is 19.0. The molecule has 2 heterocycles. The maximum absolute atomic E-state index is 11.4. The van der Waals surface area contributed by atoms with Crippen molar-refractivity contribution in [3.63, 3.8) is 0 Å². The van der Waals surface area contributed by atoms with Crippen LogP contribution in [0.25, 0.3) is 0 Å². The molecule has 0 saturated carbocycles. The molecule has 2 aliphatic heterocycles. The molecule has 0 amide bonds. The summed E-state index contributed by atoms with van der Waals surface area (Å²) in [5.41, 5.74) is 2.66. The van der Waals surface area contributed by atoms with Crippen molar-refractivity contribution in [1.82, 2.24) is 0 Å². The van der Waals surface area contributed by atoms with E-state index in [0.29, 0.717) is 44.9 Å². The highest BCUT2D eigenvalue weighted by Crippen LogP contribution is 2.29. The lowest BCUT2D eigenvalue weighted by atomic mass is 9.69. The number of fused-ring (bicyclic) bond motifs is 8. The molecule has 2 aliphatic rings. The van der Waals surface area contributed by atoms with Gasteiger partial charge in [0.05, 0.1) is 21.2 Å². The fraction of sp³-hybridized carbons (Fsp3) is 0. The number of hydrogen-bond donors (Lipinski definition) is 0. The minimum Gasteiger partial charge on any atom is -0.532 e. The fourth-order valence-electron chi connectivity index (χ4n) is 4.27. The summed E-state index contributed by atoms with van der Waals surface area (Å²) in [5, 5.41) is 22.9. The van der Waals surface area contributed by atoms with E-state index in [9.17, 15) is 20.2 Å². The molecule has 2 bridgehead atoms. The third kappa shape index (κ3) is 4.74. The monoisotopic (exact) mass is 518 g/mol. The Bertz CT molecular complexity index is 1570. The predicted octanol–water partition coefficient (Wildman–Crippen LogP) is 3.90. The summed E-state index contributed by atoms with van der Waals surface area (Å²) in [6, 6.07) is 22.7. The van der Waals surface area contributed by atoms with Gasteiger partial charge in [0.2, 0.25) is 0 Å². The number of aliphatic imine (C=N–C) groups is 2. The lowest BCUT2D eigenvalue weighted by Crippen LogP contribution is -2.51. The van der Waals surface area contributed by atoms with Crippen LogP contribution in [-0.4, -0.2) is 36.5 Å². The quantitative estimate of drug-likeness (QED) is 0.223. The van der Waals surface area contributed by atoms with E-state index in [1.807, 2.05) is 0 Å². The van der Waals surface area contributed by atoms with Crippen LogP contribution in [-0.2, 0) is 4.57 Å². The third-order valence-electron chi connectivity index (χ3n) is 6.19. The van der Waals surface area contributed by atoms with E-state index in [0.717, 1.165) is 0 Å². The van der Waals surface area contributed by atoms with Gasteiger partial charge in [-0.1, -0.05) is 36.4 Å². The maximum Gasteiger partial charge on any atom is 0.552 e. The second kappa shape index (κ2) is 9.88. The molecular formula is C26H16B2N4O7. The number of para-hydroxylation sites is 2. The van der Waals surface area contributed by atoms with Gasteiger partial charge in [-0.2, -0.15) is 0 Å². The van der Waals surface area contributed by atoms with Crippen molar-refractivity contribution in [2.75, 3.05) is 0 Å². The average molecular weight is 518 g/mol. The Morgan fingerprint density at radius 2 is 1.05 bits per heavy atom. The molecule has 188 valence electrons. The zero-order valence-electron chi connectivity index (χ0n) is 20.0. The topological polar surface area (TPSA) is 139 Å². The standard InChI is InChI=1S/C26H16B2N4O7/c33-31(34)19-9-11-25-18(14-19)16-30-24-8-4-2-6-22(24)28-38-26-12-10-20(32(35)36)13-17(26)15-29-23-7-3-1-5-21(23)27(37-25)39-28/h1-16H. The van der Waals surface area contributed by atoms with Crippen molar-refractivity contribution in [3.05, 3.63) is 116 Å². The smallest absolute Gasteiger partial charge is 0.532 e. The van der Waals surface area contributed by atoms with Crippen molar-refractivity contribution in [2.45, 2.75) is 0 Å². The van der Waals surface area contributed by atoms with Gasteiger partial charge in [0.15, 0.2) is 0 Å². The largest absolute Gasteiger partial charge is 0.552 e. The molecule has 0 aromatic heterocycles. The van der Waals surface area contributed by atoms with Crippen molar-refractivity contribution >= 4 is 60.3 Å². The highest BCUT2D eigenvalue weighted by atomic mass is 16.6. The van der Waals surface area contributed by atoms with Gasteiger partial charge >= 0.3 is 14.2 Å². The number of nitro groups is 2. The third-order valence-corrected chi connectivity index (χ3v) is 6.19. The second-order valence-electron chi connectivity index (χ2n) is 8.63. The van der Waals surface area contributed by atoms with E-state index < -0.39 is 24.1 Å². The maximum atomic E-state index is 11.4. The summed E-state index contributed by atoms with van der Waals surface area (Å²) in [7, 11) is -2.11. The van der Waals surface area contributed by atoms with E-state index in [-0.39, 0.29) is 11.4 Å². The highest BCUT2D eigenvalue weighted by Gasteiger charge is 2.39. The van der Waals surface area contributed by atoms with Gasteiger partial charge < -0.3 is 13.9 Å². The number of non-ortho nitro benzene ring substituents is 2. The summed E-state index contributed by atoms with van der Waals surface area (Å²) in [5.74, 6) is 0.610. The molecule has 13 heteroatoms. The van der Waals surface area contributed by atoms with Crippen LogP contribution < -0.4 is 20.2 Å². The van der Waals surface area contributed by atoms with E-state index >= 15 is 0 Å². The zero-order chi connectivity index (χ0) is 26.9. The predicted molar refractivity (Wildman–Crippen MR) is 147 cm³/mol. The first-order valence-electron chi connectivity index (χ1n) is 11.8. The molecule has 0 fully saturated rings. The first kappa shape index (κ1) is 24.1. The molecule has 11 nitrogen and oxygen atoms in total. The Labute approximate surface area is 222 Å². The van der Waals surface area contributed by atoms with Crippen LogP contribution in [0, 0.1) is 20.2 Å². The molecule has 4 aromatic rings. The van der Waals surface area contributed by atoms with E-state index in [1.165, 1.54) is 48.8 Å². The van der Waals surface area contributed by atoms with E-state index in [4.69, 9.17) is 13.9 Å². The molecule has 0 radical (unpaired) electrons. The Hall–Kier alpha value is -5.29. The highest BCUT2D eigenvalue weighted by molar-refractivity contribution is 6.76. The van der Waals surface area contributed by atoms with Gasteiger partial charge in [-0.05, 0) is 24.3 Å². The van der Waals surface area contributed by atoms with Gasteiger partial charge in [0, 0.05) is 58.7 Å². The molecule has 6 rings (SSSR count). The molecular weight excluding hydrogens is 502 g/mol. The second-order valence-corrected chi connectivity index (χ2v) is 8.63. The summed E-state index contributed by atoms with van der Waals surface area (Å²) >= 11 is 0. The van der Waals surface area contributed by atoms with E-state index in [2.05, 4.69) is 9.98 Å². The molecule has 0 unspecified atom stereocenters. The number of benzene rings is 4. The normalized spacial score (nSPS) is 13.5. The summed E-state index contributed by atoms with van der Waals surface area (Å²) < 4.78 is 19.1. The molecule has 0 N–H and O–H groups in total. The molecule has 4 aromatic carbocycles. The van der Waals surface area contributed by atoms with Crippen LogP contribution in [0.15, 0.2) is 94.9 Å². The van der Waals surface area contributed by atoms with Crippen molar-refractivity contribution < 1.29 is 23.7 Å².